The summed E-state index contributed by atoms with van der Waals surface area (Å²) in [4.78, 5) is 21.2. The average molecular weight is 284 g/mol. The van der Waals surface area contributed by atoms with Gasteiger partial charge in [0.25, 0.3) is 5.91 Å². The number of rotatable bonds is 2. The van der Waals surface area contributed by atoms with E-state index in [-0.39, 0.29) is 11.9 Å². The van der Waals surface area contributed by atoms with Gasteiger partial charge in [-0.15, -0.1) is 0 Å². The Morgan fingerprint density at radius 2 is 2.05 bits per heavy atom. The Morgan fingerprint density at radius 3 is 2.81 bits per heavy atom. The van der Waals surface area contributed by atoms with Crippen molar-refractivity contribution >= 4 is 5.91 Å². The highest BCUT2D eigenvalue weighted by Gasteiger charge is 2.22. The van der Waals surface area contributed by atoms with Gasteiger partial charge in [0.2, 0.25) is 0 Å². The Kier molecular flexibility index (Phi) is 3.49. The molecule has 1 amide bonds. The normalized spacial score (nSPS) is 17.4. The summed E-state index contributed by atoms with van der Waals surface area (Å²) in [5.74, 6) is 1.08. The van der Waals surface area contributed by atoms with Crippen LogP contribution in [0.5, 0.6) is 0 Å². The van der Waals surface area contributed by atoms with Gasteiger partial charge in [-0.05, 0) is 39.3 Å². The van der Waals surface area contributed by atoms with Crippen molar-refractivity contribution in [3.63, 3.8) is 0 Å². The fraction of sp³-hybridized carbons (Fsp3) is 0.438. The molecule has 0 radical (unpaired) electrons. The van der Waals surface area contributed by atoms with Gasteiger partial charge in [-0.25, -0.2) is 4.98 Å². The van der Waals surface area contributed by atoms with Crippen molar-refractivity contribution < 1.29 is 4.79 Å². The van der Waals surface area contributed by atoms with Crippen molar-refractivity contribution in [2.45, 2.75) is 46.2 Å². The molecule has 0 spiro atoms. The lowest BCUT2D eigenvalue weighted by atomic mass is 10.1. The maximum absolute atomic E-state index is 12.4. The van der Waals surface area contributed by atoms with E-state index in [0.717, 1.165) is 42.3 Å². The van der Waals surface area contributed by atoms with E-state index in [0.29, 0.717) is 5.56 Å². The molecule has 0 saturated carbocycles. The topological polar surface area (TPSA) is 59.8 Å². The second-order valence-corrected chi connectivity index (χ2v) is 5.75. The summed E-state index contributed by atoms with van der Waals surface area (Å²) in [6.45, 7) is 6.60. The van der Waals surface area contributed by atoms with E-state index < -0.39 is 0 Å². The number of carbonyl (C=O) groups excluding carboxylic acids is 1. The van der Waals surface area contributed by atoms with Crippen LogP contribution in [0.15, 0.2) is 18.3 Å². The summed E-state index contributed by atoms with van der Waals surface area (Å²) in [5, 5.41) is 3.12. The zero-order valence-electron chi connectivity index (χ0n) is 12.7. The Balaban J connectivity index is 1.71. The summed E-state index contributed by atoms with van der Waals surface area (Å²) in [6, 6.07) is 3.88. The van der Waals surface area contributed by atoms with Crippen LogP contribution in [0.1, 0.15) is 39.7 Å². The number of hydrogen-bond donors (Lipinski definition) is 1. The van der Waals surface area contributed by atoms with Crippen LogP contribution in [-0.4, -0.2) is 26.5 Å². The fourth-order valence-electron chi connectivity index (χ4n) is 2.89. The highest BCUT2D eigenvalue weighted by molar-refractivity contribution is 5.95. The van der Waals surface area contributed by atoms with Crippen molar-refractivity contribution in [3.8, 4) is 0 Å². The number of amides is 1. The maximum Gasteiger partial charge on any atom is 0.253 e. The van der Waals surface area contributed by atoms with Gasteiger partial charge in [-0.3, -0.25) is 9.78 Å². The van der Waals surface area contributed by atoms with Gasteiger partial charge >= 0.3 is 0 Å². The summed E-state index contributed by atoms with van der Waals surface area (Å²) < 4.78 is 2.14. The van der Waals surface area contributed by atoms with E-state index in [9.17, 15) is 4.79 Å². The molecule has 2 aromatic heterocycles. The molecule has 0 saturated heterocycles. The highest BCUT2D eigenvalue weighted by atomic mass is 16.1. The van der Waals surface area contributed by atoms with E-state index in [1.807, 2.05) is 39.1 Å². The van der Waals surface area contributed by atoms with Crippen molar-refractivity contribution in [1.82, 2.24) is 19.9 Å². The molecule has 0 aromatic carbocycles. The molecule has 1 N–H and O–H groups in total. The lowest BCUT2D eigenvalue weighted by molar-refractivity contribution is 0.0926. The number of aryl methyl sites for hydroxylation is 4. The zero-order chi connectivity index (χ0) is 15.0. The molecule has 110 valence electrons. The monoisotopic (exact) mass is 284 g/mol. The molecule has 1 aliphatic heterocycles. The second-order valence-electron chi connectivity index (χ2n) is 5.75. The van der Waals surface area contributed by atoms with E-state index >= 15 is 0 Å². The van der Waals surface area contributed by atoms with Gasteiger partial charge < -0.3 is 9.88 Å². The Labute approximate surface area is 124 Å². The van der Waals surface area contributed by atoms with Gasteiger partial charge in [-0.1, -0.05) is 0 Å². The number of aromatic nitrogens is 3. The first kappa shape index (κ1) is 13.8. The number of nitrogens with zero attached hydrogens (tertiary/aromatic N) is 3. The van der Waals surface area contributed by atoms with Crippen molar-refractivity contribution in [3.05, 3.63) is 46.8 Å². The molecule has 3 heterocycles. The van der Waals surface area contributed by atoms with Gasteiger partial charge in [-0.2, -0.15) is 0 Å². The predicted octanol–water partition coefficient (Wildman–Crippen LogP) is 1.95. The van der Waals surface area contributed by atoms with Crippen LogP contribution in [0.4, 0.5) is 0 Å². The van der Waals surface area contributed by atoms with Crippen molar-refractivity contribution in [1.29, 1.82) is 0 Å². The van der Waals surface area contributed by atoms with Crippen molar-refractivity contribution in [2.75, 3.05) is 0 Å². The third-order valence-corrected chi connectivity index (χ3v) is 3.92. The first-order valence-corrected chi connectivity index (χ1v) is 7.30. The van der Waals surface area contributed by atoms with Gasteiger partial charge in [0.05, 0.1) is 17.0 Å². The van der Waals surface area contributed by atoms with E-state index in [1.165, 1.54) is 0 Å². The number of nitrogens with one attached hydrogen (secondary N) is 1. The van der Waals surface area contributed by atoms with Gasteiger partial charge in [0.15, 0.2) is 0 Å². The van der Waals surface area contributed by atoms with Gasteiger partial charge in [0.1, 0.15) is 5.82 Å². The summed E-state index contributed by atoms with van der Waals surface area (Å²) in [5.41, 5.74) is 3.41. The average Bonchev–Trinajstić information content (AvgIpc) is 2.77. The molecule has 3 rings (SSSR count). The Bertz CT molecular complexity index is 690. The van der Waals surface area contributed by atoms with Crippen LogP contribution in [0.3, 0.4) is 0 Å². The lowest BCUT2D eigenvalue weighted by Gasteiger charge is -2.25. The Morgan fingerprint density at radius 1 is 1.24 bits per heavy atom. The Hall–Kier alpha value is -2.17. The molecule has 0 aliphatic carbocycles. The van der Waals surface area contributed by atoms with Crippen LogP contribution in [0.2, 0.25) is 0 Å². The van der Waals surface area contributed by atoms with Crippen LogP contribution in [0, 0.1) is 20.8 Å². The number of imidazole rings is 1. The predicted molar refractivity (Wildman–Crippen MR) is 80.3 cm³/mol. The first-order valence-electron chi connectivity index (χ1n) is 7.30. The minimum Gasteiger partial charge on any atom is -0.347 e. The maximum atomic E-state index is 12.4. The largest absolute Gasteiger partial charge is 0.347 e. The van der Waals surface area contributed by atoms with Crippen LogP contribution in [0.25, 0.3) is 0 Å². The third-order valence-electron chi connectivity index (χ3n) is 3.92. The van der Waals surface area contributed by atoms with Crippen LogP contribution >= 0.6 is 0 Å². The SMILES string of the molecule is Cc1ccc(C(=O)N[C@@H]2CCc3nc(C)cn3C2)c(C)n1. The van der Waals surface area contributed by atoms with Gasteiger partial charge in [0, 0.05) is 30.9 Å². The minimum absolute atomic E-state index is 0.0368. The zero-order valence-corrected chi connectivity index (χ0v) is 12.7. The molecule has 0 unspecified atom stereocenters. The number of pyridine rings is 1. The van der Waals surface area contributed by atoms with E-state index in [1.54, 1.807) is 0 Å². The second kappa shape index (κ2) is 5.31. The minimum atomic E-state index is -0.0368. The van der Waals surface area contributed by atoms with E-state index in [4.69, 9.17) is 0 Å². The first-order chi connectivity index (χ1) is 10.0. The summed E-state index contributed by atoms with van der Waals surface area (Å²) >= 11 is 0. The smallest absolute Gasteiger partial charge is 0.253 e. The van der Waals surface area contributed by atoms with Crippen LogP contribution in [-0.2, 0) is 13.0 Å². The standard InChI is InChI=1S/C16H20N4O/c1-10-4-6-14(12(3)17-10)16(21)19-13-5-7-15-18-11(2)8-20(15)9-13/h4,6,8,13H,5,7,9H2,1-3H3,(H,19,21)/t13-/m1/s1. The third kappa shape index (κ3) is 2.82. The molecule has 1 atom stereocenters. The van der Waals surface area contributed by atoms with Crippen LogP contribution < -0.4 is 5.32 Å². The molecular formula is C16H20N4O. The summed E-state index contributed by atoms with van der Waals surface area (Å²) in [7, 11) is 0. The number of hydrogen-bond acceptors (Lipinski definition) is 3. The van der Waals surface area contributed by atoms with Crippen molar-refractivity contribution in [2.24, 2.45) is 0 Å². The highest BCUT2D eigenvalue weighted by Crippen LogP contribution is 2.16. The quantitative estimate of drug-likeness (QED) is 0.917. The number of fused-ring (bicyclic) bond motifs is 1. The summed E-state index contributed by atoms with van der Waals surface area (Å²) in [6.07, 6.45) is 3.89. The molecule has 2 aromatic rings. The molecule has 0 bridgehead atoms. The molecule has 5 heteroatoms. The molecule has 21 heavy (non-hydrogen) atoms. The van der Waals surface area contributed by atoms with E-state index in [2.05, 4.69) is 19.9 Å². The molecule has 0 fully saturated rings. The molecular weight excluding hydrogens is 264 g/mol. The number of carbonyl (C=O) groups is 1. The molecule has 5 nitrogen and oxygen atoms in total. The lowest BCUT2D eigenvalue weighted by Crippen LogP contribution is -2.41. The molecule has 1 aliphatic rings. The fourth-order valence-corrected chi connectivity index (χ4v) is 2.89.